The predicted molar refractivity (Wildman–Crippen MR) is 55.6 cm³/mol. The molecule has 0 heterocycles. The second kappa shape index (κ2) is 3.15. The second-order valence-electron chi connectivity index (χ2n) is 4.29. The van der Waals surface area contributed by atoms with Gasteiger partial charge in [0.15, 0.2) is 0 Å². The summed E-state index contributed by atoms with van der Waals surface area (Å²) in [5.74, 6) is 0.739. The zero-order valence-electron chi connectivity index (χ0n) is 8.38. The molecule has 2 atom stereocenters. The number of hydrogen-bond donors (Lipinski definition) is 1. The van der Waals surface area contributed by atoms with Crippen LogP contribution in [-0.2, 0) is 6.42 Å². The van der Waals surface area contributed by atoms with E-state index in [1.54, 1.807) is 0 Å². The topological polar surface area (TPSA) is 26.0 Å². The highest BCUT2D eigenvalue weighted by atomic mass is 14.6. The summed E-state index contributed by atoms with van der Waals surface area (Å²) < 4.78 is 0. The molecule has 1 aliphatic carbocycles. The van der Waals surface area contributed by atoms with Crippen molar-refractivity contribution in [2.75, 3.05) is 0 Å². The largest absolute Gasteiger partial charge is 0.324 e. The first-order valence-electron chi connectivity index (χ1n) is 5.02. The van der Waals surface area contributed by atoms with Crippen LogP contribution in [0.25, 0.3) is 0 Å². The van der Waals surface area contributed by atoms with Gasteiger partial charge in [-0.3, -0.25) is 0 Å². The fourth-order valence-corrected chi connectivity index (χ4v) is 2.34. The van der Waals surface area contributed by atoms with E-state index in [1.165, 1.54) is 23.1 Å². The zero-order valence-corrected chi connectivity index (χ0v) is 8.38. The average Bonchev–Trinajstić information content (AvgIpc) is 2.07. The van der Waals surface area contributed by atoms with Crippen molar-refractivity contribution >= 4 is 0 Å². The number of nitrogens with two attached hydrogens (primary N) is 1. The summed E-state index contributed by atoms with van der Waals surface area (Å²) >= 11 is 0. The standard InChI is InChI=1S/C12H17N/c1-8-6-11-9(2)4-3-5-10(11)12(13)7-8/h3-5,8,12H,6-7,13H2,1-2H3. The second-order valence-corrected chi connectivity index (χ2v) is 4.29. The van der Waals surface area contributed by atoms with Crippen molar-refractivity contribution in [3.8, 4) is 0 Å². The minimum absolute atomic E-state index is 0.263. The maximum atomic E-state index is 6.11. The van der Waals surface area contributed by atoms with Crippen molar-refractivity contribution in [3.05, 3.63) is 34.9 Å². The van der Waals surface area contributed by atoms with Crippen LogP contribution in [0.3, 0.4) is 0 Å². The molecule has 0 radical (unpaired) electrons. The van der Waals surface area contributed by atoms with E-state index in [1.807, 2.05) is 0 Å². The van der Waals surface area contributed by atoms with E-state index in [-0.39, 0.29) is 6.04 Å². The molecule has 1 heteroatoms. The van der Waals surface area contributed by atoms with Gasteiger partial charge in [0.2, 0.25) is 0 Å². The van der Waals surface area contributed by atoms with Gasteiger partial charge < -0.3 is 5.73 Å². The Labute approximate surface area is 80.0 Å². The lowest BCUT2D eigenvalue weighted by Gasteiger charge is -2.28. The lowest BCUT2D eigenvalue weighted by Crippen LogP contribution is -2.23. The fraction of sp³-hybridized carbons (Fsp3) is 0.500. The van der Waals surface area contributed by atoms with Crippen LogP contribution in [-0.4, -0.2) is 0 Å². The molecule has 0 aromatic heterocycles. The van der Waals surface area contributed by atoms with Gasteiger partial charge in [-0.1, -0.05) is 25.1 Å². The molecule has 2 rings (SSSR count). The Balaban J connectivity index is 2.49. The van der Waals surface area contributed by atoms with Crippen LogP contribution in [0, 0.1) is 12.8 Å². The van der Waals surface area contributed by atoms with Gasteiger partial charge in [0.05, 0.1) is 0 Å². The Morgan fingerprint density at radius 2 is 2.15 bits per heavy atom. The first-order chi connectivity index (χ1) is 6.18. The van der Waals surface area contributed by atoms with E-state index in [2.05, 4.69) is 32.0 Å². The van der Waals surface area contributed by atoms with Gasteiger partial charge in [-0.2, -0.15) is 0 Å². The van der Waals surface area contributed by atoms with Gasteiger partial charge in [-0.05, 0) is 42.4 Å². The number of benzene rings is 1. The van der Waals surface area contributed by atoms with Crippen molar-refractivity contribution in [2.24, 2.45) is 11.7 Å². The summed E-state index contributed by atoms with van der Waals surface area (Å²) in [6.45, 7) is 4.47. The van der Waals surface area contributed by atoms with Crippen molar-refractivity contribution in [2.45, 2.75) is 32.7 Å². The molecule has 0 amide bonds. The molecule has 0 fully saturated rings. The van der Waals surface area contributed by atoms with Crippen molar-refractivity contribution in [1.29, 1.82) is 0 Å². The third kappa shape index (κ3) is 1.49. The summed E-state index contributed by atoms with van der Waals surface area (Å²) in [4.78, 5) is 0. The molecule has 1 aromatic rings. The summed E-state index contributed by atoms with van der Waals surface area (Å²) in [6, 6.07) is 6.74. The molecule has 1 nitrogen and oxygen atoms in total. The Kier molecular flexibility index (Phi) is 2.12. The van der Waals surface area contributed by atoms with Crippen molar-refractivity contribution in [1.82, 2.24) is 0 Å². The number of hydrogen-bond acceptors (Lipinski definition) is 1. The van der Waals surface area contributed by atoms with Crippen LogP contribution in [0.5, 0.6) is 0 Å². The number of rotatable bonds is 0. The maximum absolute atomic E-state index is 6.11. The molecule has 0 saturated carbocycles. The van der Waals surface area contributed by atoms with Crippen molar-refractivity contribution < 1.29 is 0 Å². The van der Waals surface area contributed by atoms with E-state index in [0.29, 0.717) is 0 Å². The predicted octanol–water partition coefficient (Wildman–Crippen LogP) is 2.58. The first kappa shape index (κ1) is 8.76. The normalized spacial score (nSPS) is 27.0. The number of fused-ring (bicyclic) bond motifs is 1. The van der Waals surface area contributed by atoms with Gasteiger partial charge in [-0.25, -0.2) is 0 Å². The maximum Gasteiger partial charge on any atom is 0.0300 e. The molecule has 70 valence electrons. The first-order valence-corrected chi connectivity index (χ1v) is 5.02. The molecule has 13 heavy (non-hydrogen) atoms. The fourth-order valence-electron chi connectivity index (χ4n) is 2.34. The lowest BCUT2D eigenvalue weighted by molar-refractivity contribution is 0.438. The van der Waals surface area contributed by atoms with Gasteiger partial charge in [0.25, 0.3) is 0 Å². The molecule has 0 spiro atoms. The Morgan fingerprint density at radius 3 is 2.92 bits per heavy atom. The summed E-state index contributed by atoms with van der Waals surface area (Å²) in [5.41, 5.74) is 10.4. The SMILES string of the molecule is Cc1cccc2c1CC(C)CC2N. The molecule has 0 bridgehead atoms. The Bertz CT molecular complexity index is 317. The van der Waals surface area contributed by atoms with E-state index >= 15 is 0 Å². The van der Waals surface area contributed by atoms with E-state index in [4.69, 9.17) is 5.73 Å². The summed E-state index contributed by atoms with van der Waals surface area (Å²) in [5, 5.41) is 0. The lowest BCUT2D eigenvalue weighted by atomic mass is 9.80. The molecule has 1 aliphatic rings. The monoisotopic (exact) mass is 175 g/mol. The quantitative estimate of drug-likeness (QED) is 0.644. The highest BCUT2D eigenvalue weighted by molar-refractivity contribution is 5.38. The molecule has 2 N–H and O–H groups in total. The van der Waals surface area contributed by atoms with Crippen LogP contribution in [0.1, 0.15) is 36.1 Å². The van der Waals surface area contributed by atoms with E-state index < -0.39 is 0 Å². The summed E-state index contributed by atoms with van der Waals surface area (Å²) in [7, 11) is 0. The smallest absolute Gasteiger partial charge is 0.0300 e. The van der Waals surface area contributed by atoms with Crippen molar-refractivity contribution in [3.63, 3.8) is 0 Å². The van der Waals surface area contributed by atoms with Gasteiger partial charge >= 0.3 is 0 Å². The van der Waals surface area contributed by atoms with Gasteiger partial charge in [0, 0.05) is 6.04 Å². The van der Waals surface area contributed by atoms with Crippen LogP contribution in [0.2, 0.25) is 0 Å². The third-order valence-electron chi connectivity index (χ3n) is 3.05. The van der Waals surface area contributed by atoms with Gasteiger partial charge in [-0.15, -0.1) is 0 Å². The molecule has 0 aliphatic heterocycles. The highest BCUT2D eigenvalue weighted by Gasteiger charge is 2.22. The highest BCUT2D eigenvalue weighted by Crippen LogP contribution is 2.32. The molecule has 2 unspecified atom stereocenters. The van der Waals surface area contributed by atoms with Crippen LogP contribution >= 0.6 is 0 Å². The van der Waals surface area contributed by atoms with E-state index in [0.717, 1.165) is 12.3 Å². The Morgan fingerprint density at radius 1 is 1.38 bits per heavy atom. The van der Waals surface area contributed by atoms with Crippen LogP contribution in [0.15, 0.2) is 18.2 Å². The third-order valence-corrected chi connectivity index (χ3v) is 3.05. The molecular weight excluding hydrogens is 158 g/mol. The molecular formula is C12H17N. The molecule has 0 saturated heterocycles. The Hall–Kier alpha value is -0.820. The zero-order chi connectivity index (χ0) is 9.42. The average molecular weight is 175 g/mol. The minimum atomic E-state index is 0.263. The summed E-state index contributed by atoms with van der Waals surface area (Å²) in [6.07, 6.45) is 2.34. The van der Waals surface area contributed by atoms with Crippen LogP contribution < -0.4 is 5.73 Å². The van der Waals surface area contributed by atoms with Crippen LogP contribution in [0.4, 0.5) is 0 Å². The minimum Gasteiger partial charge on any atom is -0.324 e. The van der Waals surface area contributed by atoms with E-state index in [9.17, 15) is 0 Å². The number of aryl methyl sites for hydroxylation is 1. The van der Waals surface area contributed by atoms with Gasteiger partial charge in [0.1, 0.15) is 0 Å². The molecule has 1 aromatic carbocycles.